The molecule has 0 aromatic heterocycles. The third-order valence-electron chi connectivity index (χ3n) is 3.85. The van der Waals surface area contributed by atoms with Gasteiger partial charge in [0.15, 0.2) is 0 Å². The largest absolute Gasteiger partial charge is 0.314 e. The molecule has 2 heterocycles. The topological polar surface area (TPSA) is 15.3 Å². The summed E-state index contributed by atoms with van der Waals surface area (Å²) in [6.45, 7) is 8.70. The van der Waals surface area contributed by atoms with Crippen molar-refractivity contribution in [2.24, 2.45) is 0 Å². The second-order valence-corrected chi connectivity index (χ2v) is 7.16. The molecule has 2 aliphatic rings. The fourth-order valence-corrected chi connectivity index (χ4v) is 4.02. The number of hydrogen-bond acceptors (Lipinski definition) is 3. The zero-order valence-electron chi connectivity index (χ0n) is 10.6. The van der Waals surface area contributed by atoms with E-state index in [9.17, 15) is 0 Å². The molecule has 3 heteroatoms. The van der Waals surface area contributed by atoms with Gasteiger partial charge in [-0.15, -0.1) is 0 Å². The first-order chi connectivity index (χ1) is 7.79. The maximum Gasteiger partial charge on any atom is 0.0256 e. The highest BCUT2D eigenvalue weighted by atomic mass is 32.2. The highest BCUT2D eigenvalue weighted by molar-refractivity contribution is 8.00. The second kappa shape index (κ2) is 6.27. The Morgan fingerprint density at radius 1 is 1.19 bits per heavy atom. The van der Waals surface area contributed by atoms with Crippen molar-refractivity contribution in [3.8, 4) is 0 Å². The molecule has 16 heavy (non-hydrogen) atoms. The average Bonchev–Trinajstić information content (AvgIpc) is 2.74. The van der Waals surface area contributed by atoms with Crippen molar-refractivity contribution in [3.05, 3.63) is 0 Å². The lowest BCUT2D eigenvalue weighted by molar-refractivity contribution is 0.228. The van der Waals surface area contributed by atoms with Crippen molar-refractivity contribution >= 4 is 11.8 Å². The Morgan fingerprint density at radius 2 is 2.00 bits per heavy atom. The van der Waals surface area contributed by atoms with Gasteiger partial charge in [-0.3, -0.25) is 0 Å². The fourth-order valence-electron chi connectivity index (χ4n) is 2.75. The molecule has 2 nitrogen and oxygen atoms in total. The minimum atomic E-state index is 0.530. The summed E-state index contributed by atoms with van der Waals surface area (Å²) in [6, 6.07) is 0. The number of hydrogen-bond donors (Lipinski definition) is 1. The van der Waals surface area contributed by atoms with E-state index >= 15 is 0 Å². The molecule has 94 valence electrons. The van der Waals surface area contributed by atoms with Gasteiger partial charge in [0, 0.05) is 24.4 Å². The van der Waals surface area contributed by atoms with Crippen molar-refractivity contribution in [1.82, 2.24) is 10.2 Å². The maximum atomic E-state index is 3.65. The summed E-state index contributed by atoms with van der Waals surface area (Å²) >= 11 is 2.15. The molecule has 0 aromatic rings. The van der Waals surface area contributed by atoms with Crippen molar-refractivity contribution in [2.75, 3.05) is 38.5 Å². The van der Waals surface area contributed by atoms with Gasteiger partial charge < -0.3 is 10.2 Å². The van der Waals surface area contributed by atoms with Gasteiger partial charge in [-0.1, -0.05) is 6.42 Å². The van der Waals surface area contributed by atoms with E-state index < -0.39 is 0 Å². The molecular formula is C13H26N2S. The lowest BCUT2D eigenvalue weighted by atomic mass is 10.1. The van der Waals surface area contributed by atoms with Crippen molar-refractivity contribution < 1.29 is 0 Å². The Hall–Kier alpha value is 0.270. The Kier molecular flexibility index (Phi) is 4.98. The monoisotopic (exact) mass is 242 g/mol. The van der Waals surface area contributed by atoms with Gasteiger partial charge in [-0.25, -0.2) is 0 Å². The minimum Gasteiger partial charge on any atom is -0.314 e. The molecule has 1 atom stereocenters. The van der Waals surface area contributed by atoms with Gasteiger partial charge in [0.2, 0.25) is 0 Å². The number of piperidine rings is 1. The molecule has 2 aliphatic heterocycles. The van der Waals surface area contributed by atoms with E-state index in [-0.39, 0.29) is 0 Å². The van der Waals surface area contributed by atoms with E-state index in [1.165, 1.54) is 70.6 Å². The number of nitrogens with one attached hydrogen (secondary N) is 1. The van der Waals surface area contributed by atoms with Crippen LogP contribution >= 0.6 is 11.8 Å². The Morgan fingerprint density at radius 3 is 2.69 bits per heavy atom. The third kappa shape index (κ3) is 3.94. The van der Waals surface area contributed by atoms with Crippen LogP contribution in [0, 0.1) is 0 Å². The van der Waals surface area contributed by atoms with Crippen LogP contribution in [-0.4, -0.2) is 48.1 Å². The number of likely N-dealkylation sites (tertiary alicyclic amines) is 1. The van der Waals surface area contributed by atoms with Crippen molar-refractivity contribution in [3.63, 3.8) is 0 Å². The lowest BCUT2D eigenvalue weighted by Gasteiger charge is -2.28. The van der Waals surface area contributed by atoms with Gasteiger partial charge in [0.25, 0.3) is 0 Å². The molecule has 0 saturated carbocycles. The maximum absolute atomic E-state index is 3.65. The molecule has 2 fully saturated rings. The van der Waals surface area contributed by atoms with Crippen LogP contribution in [0.5, 0.6) is 0 Å². The molecule has 0 radical (unpaired) electrons. The van der Waals surface area contributed by atoms with E-state index in [0.29, 0.717) is 4.75 Å². The predicted octanol–water partition coefficient (Wildman–Crippen LogP) is 2.35. The van der Waals surface area contributed by atoms with E-state index in [0.717, 1.165) is 0 Å². The standard InChI is InChI=1S/C13H26N2S/c1-13(6-5-11-16-13)12-14-7-10-15-8-3-2-4-9-15/h14H,2-12H2,1H3. The predicted molar refractivity (Wildman–Crippen MR) is 73.3 cm³/mol. The molecular weight excluding hydrogens is 216 g/mol. The number of nitrogens with zero attached hydrogens (tertiary/aromatic N) is 1. The molecule has 0 aliphatic carbocycles. The summed E-state index contributed by atoms with van der Waals surface area (Å²) in [6.07, 6.45) is 7.07. The van der Waals surface area contributed by atoms with E-state index in [1.54, 1.807) is 0 Å². The lowest BCUT2D eigenvalue weighted by Crippen LogP contribution is -2.39. The normalized spacial score (nSPS) is 32.1. The molecule has 1 N–H and O–H groups in total. The second-order valence-electron chi connectivity index (χ2n) is 5.48. The van der Waals surface area contributed by atoms with Gasteiger partial charge in [0.1, 0.15) is 0 Å². The van der Waals surface area contributed by atoms with Crippen LogP contribution < -0.4 is 5.32 Å². The summed E-state index contributed by atoms with van der Waals surface area (Å²) in [7, 11) is 0. The quantitative estimate of drug-likeness (QED) is 0.745. The van der Waals surface area contributed by atoms with E-state index in [2.05, 4.69) is 28.9 Å². The molecule has 0 aromatic carbocycles. The van der Waals surface area contributed by atoms with Crippen LogP contribution in [0.25, 0.3) is 0 Å². The first kappa shape index (κ1) is 12.7. The van der Waals surface area contributed by atoms with Crippen LogP contribution in [0.1, 0.15) is 39.0 Å². The average molecular weight is 242 g/mol. The summed E-state index contributed by atoms with van der Waals surface area (Å²) in [5, 5.41) is 3.65. The van der Waals surface area contributed by atoms with Crippen LogP contribution in [0.3, 0.4) is 0 Å². The van der Waals surface area contributed by atoms with Crippen LogP contribution in [0.4, 0.5) is 0 Å². The Labute approximate surface area is 105 Å². The molecule has 2 rings (SSSR count). The van der Waals surface area contributed by atoms with E-state index in [4.69, 9.17) is 0 Å². The van der Waals surface area contributed by atoms with Crippen molar-refractivity contribution in [1.29, 1.82) is 0 Å². The van der Waals surface area contributed by atoms with Gasteiger partial charge in [-0.2, -0.15) is 11.8 Å². The summed E-state index contributed by atoms with van der Waals surface area (Å²) in [5.74, 6) is 1.37. The minimum absolute atomic E-state index is 0.530. The van der Waals surface area contributed by atoms with Gasteiger partial charge in [0.05, 0.1) is 0 Å². The molecule has 0 spiro atoms. The zero-order chi connectivity index (χ0) is 11.3. The van der Waals surface area contributed by atoms with Crippen LogP contribution in [0.2, 0.25) is 0 Å². The number of rotatable bonds is 5. The van der Waals surface area contributed by atoms with Crippen LogP contribution in [0.15, 0.2) is 0 Å². The van der Waals surface area contributed by atoms with Gasteiger partial charge >= 0.3 is 0 Å². The Balaban J connectivity index is 1.54. The SMILES string of the molecule is CC1(CNCCN2CCCCC2)CCCS1. The smallest absolute Gasteiger partial charge is 0.0256 e. The first-order valence-corrected chi connectivity index (χ1v) is 7.84. The third-order valence-corrected chi connectivity index (χ3v) is 5.39. The first-order valence-electron chi connectivity index (χ1n) is 6.86. The molecule has 2 saturated heterocycles. The summed E-state index contributed by atoms with van der Waals surface area (Å²) < 4.78 is 0.530. The highest BCUT2D eigenvalue weighted by Gasteiger charge is 2.28. The fraction of sp³-hybridized carbons (Fsp3) is 1.00. The highest BCUT2D eigenvalue weighted by Crippen LogP contribution is 2.36. The number of thioether (sulfide) groups is 1. The van der Waals surface area contributed by atoms with Crippen LogP contribution in [-0.2, 0) is 0 Å². The summed E-state index contributed by atoms with van der Waals surface area (Å²) in [4.78, 5) is 2.61. The zero-order valence-corrected chi connectivity index (χ0v) is 11.5. The van der Waals surface area contributed by atoms with E-state index in [1.807, 2.05) is 0 Å². The van der Waals surface area contributed by atoms with Gasteiger partial charge in [-0.05, 0) is 51.4 Å². The molecule has 1 unspecified atom stereocenters. The summed E-state index contributed by atoms with van der Waals surface area (Å²) in [5.41, 5.74) is 0. The van der Waals surface area contributed by atoms with Crippen molar-refractivity contribution in [2.45, 2.75) is 43.8 Å². The molecule has 0 amide bonds. The Bertz CT molecular complexity index is 196. The molecule has 0 bridgehead atoms.